The standard InChI is InChI=1S/C22H26N2OS/c1-5-22(25,6-2)17-8-7-14-9-16(10-15(14)11-17)20-21-18(23-24-20)12-19(26-21)13(3)4/h7-9,11-13,25H,5-6,10H2,1-4H3,(H,23,24). The lowest BCUT2D eigenvalue weighted by Gasteiger charge is -2.26. The fourth-order valence-electron chi connectivity index (χ4n) is 3.78. The van der Waals surface area contributed by atoms with Crippen LogP contribution < -0.4 is 0 Å². The number of thiophene rings is 1. The zero-order valence-corrected chi connectivity index (χ0v) is 16.7. The molecular weight excluding hydrogens is 340 g/mol. The minimum Gasteiger partial charge on any atom is -0.385 e. The molecule has 4 heteroatoms. The Balaban J connectivity index is 1.68. The van der Waals surface area contributed by atoms with Crippen LogP contribution in [0.4, 0.5) is 0 Å². The van der Waals surface area contributed by atoms with E-state index < -0.39 is 5.60 Å². The van der Waals surface area contributed by atoms with Crippen molar-refractivity contribution >= 4 is 33.2 Å². The summed E-state index contributed by atoms with van der Waals surface area (Å²) in [6.07, 6.45) is 4.59. The van der Waals surface area contributed by atoms with Crippen molar-refractivity contribution in [2.45, 2.75) is 58.5 Å². The highest BCUT2D eigenvalue weighted by atomic mass is 32.1. The number of nitrogens with zero attached hydrogens (tertiary/aromatic N) is 1. The van der Waals surface area contributed by atoms with Crippen LogP contribution in [0.15, 0.2) is 24.3 Å². The Bertz CT molecular complexity index is 989. The summed E-state index contributed by atoms with van der Waals surface area (Å²) in [4.78, 5) is 1.39. The normalized spacial score (nSPS) is 14.3. The number of hydrogen-bond acceptors (Lipinski definition) is 3. The Morgan fingerprint density at radius 3 is 2.69 bits per heavy atom. The molecule has 2 heterocycles. The summed E-state index contributed by atoms with van der Waals surface area (Å²) in [7, 11) is 0. The average molecular weight is 367 g/mol. The molecule has 0 saturated carbocycles. The first-order chi connectivity index (χ1) is 12.4. The maximum atomic E-state index is 10.8. The molecule has 0 radical (unpaired) electrons. The van der Waals surface area contributed by atoms with E-state index in [1.807, 2.05) is 25.2 Å². The molecule has 0 atom stereocenters. The second-order valence-electron chi connectivity index (χ2n) is 7.62. The number of rotatable bonds is 5. The van der Waals surface area contributed by atoms with Gasteiger partial charge >= 0.3 is 0 Å². The molecule has 3 aromatic rings. The Morgan fingerprint density at radius 1 is 1.23 bits per heavy atom. The van der Waals surface area contributed by atoms with E-state index in [4.69, 9.17) is 0 Å². The highest BCUT2D eigenvalue weighted by Gasteiger charge is 2.27. The summed E-state index contributed by atoms with van der Waals surface area (Å²) in [5.41, 5.74) is 6.31. The number of hydrogen-bond donors (Lipinski definition) is 2. The molecule has 0 spiro atoms. The van der Waals surface area contributed by atoms with Crippen molar-refractivity contribution in [3.63, 3.8) is 0 Å². The topological polar surface area (TPSA) is 48.9 Å². The number of aromatic amines is 1. The fraction of sp³-hybridized carbons (Fsp3) is 0.409. The molecule has 2 aromatic heterocycles. The van der Waals surface area contributed by atoms with Crippen molar-refractivity contribution in [2.75, 3.05) is 0 Å². The van der Waals surface area contributed by atoms with Gasteiger partial charge in [0.15, 0.2) is 0 Å². The van der Waals surface area contributed by atoms with Crippen LogP contribution >= 0.6 is 11.3 Å². The number of allylic oxidation sites excluding steroid dienone is 1. The lowest BCUT2D eigenvalue weighted by Crippen LogP contribution is -2.23. The predicted octanol–water partition coefficient (Wildman–Crippen LogP) is 5.85. The van der Waals surface area contributed by atoms with E-state index in [9.17, 15) is 5.11 Å². The van der Waals surface area contributed by atoms with Crippen LogP contribution in [-0.2, 0) is 12.0 Å². The summed E-state index contributed by atoms with van der Waals surface area (Å²) in [5.74, 6) is 0.534. The van der Waals surface area contributed by atoms with Crippen molar-refractivity contribution in [1.82, 2.24) is 10.2 Å². The average Bonchev–Trinajstić information content (AvgIpc) is 3.33. The number of H-pyrrole nitrogens is 1. The molecule has 0 unspecified atom stereocenters. The first-order valence-electron chi connectivity index (χ1n) is 9.49. The maximum Gasteiger partial charge on any atom is 0.106 e. The predicted molar refractivity (Wildman–Crippen MR) is 111 cm³/mol. The Labute approximate surface area is 158 Å². The minimum atomic E-state index is -0.725. The van der Waals surface area contributed by atoms with Gasteiger partial charge in [0, 0.05) is 11.3 Å². The minimum absolute atomic E-state index is 0.534. The molecule has 0 saturated heterocycles. The van der Waals surface area contributed by atoms with E-state index >= 15 is 0 Å². The molecule has 3 nitrogen and oxygen atoms in total. The van der Waals surface area contributed by atoms with Gasteiger partial charge in [0.1, 0.15) is 5.69 Å². The SMILES string of the molecule is CCC(O)(CC)c1ccc2c(c1)CC(c1n[nH]c3cc(C(C)C)sc13)=C2. The van der Waals surface area contributed by atoms with Gasteiger partial charge < -0.3 is 5.11 Å². The van der Waals surface area contributed by atoms with Crippen molar-refractivity contribution in [3.05, 3.63) is 51.5 Å². The summed E-state index contributed by atoms with van der Waals surface area (Å²) >= 11 is 1.84. The largest absolute Gasteiger partial charge is 0.385 e. The van der Waals surface area contributed by atoms with Gasteiger partial charge in [-0.2, -0.15) is 5.10 Å². The summed E-state index contributed by atoms with van der Waals surface area (Å²) < 4.78 is 1.26. The molecule has 1 aromatic carbocycles. The number of benzene rings is 1. The van der Waals surface area contributed by atoms with Crippen LogP contribution in [-0.4, -0.2) is 15.3 Å². The third kappa shape index (κ3) is 2.72. The molecule has 0 bridgehead atoms. The van der Waals surface area contributed by atoms with E-state index in [2.05, 4.69) is 54.4 Å². The van der Waals surface area contributed by atoms with Crippen LogP contribution in [0.2, 0.25) is 0 Å². The van der Waals surface area contributed by atoms with Gasteiger partial charge in [0.2, 0.25) is 0 Å². The molecule has 0 amide bonds. The second-order valence-corrected chi connectivity index (χ2v) is 8.70. The van der Waals surface area contributed by atoms with E-state index in [-0.39, 0.29) is 0 Å². The molecular formula is C22H26N2OS. The summed E-state index contributed by atoms with van der Waals surface area (Å²) in [5, 5.41) is 18.6. The van der Waals surface area contributed by atoms with Crippen LogP contribution in [0.1, 0.15) is 73.7 Å². The third-order valence-corrected chi connectivity index (χ3v) is 7.13. The number of aliphatic hydroxyl groups is 1. The smallest absolute Gasteiger partial charge is 0.106 e. The second kappa shape index (κ2) is 6.36. The quantitative estimate of drug-likeness (QED) is 0.595. The lowest BCUT2D eigenvalue weighted by molar-refractivity contribution is 0.0283. The van der Waals surface area contributed by atoms with Gasteiger partial charge in [-0.05, 0) is 53.2 Å². The van der Waals surface area contributed by atoms with E-state index in [1.54, 1.807) is 0 Å². The van der Waals surface area contributed by atoms with Crippen molar-refractivity contribution in [1.29, 1.82) is 0 Å². The summed E-state index contributed by atoms with van der Waals surface area (Å²) in [6.45, 7) is 8.55. The maximum absolute atomic E-state index is 10.8. The number of fused-ring (bicyclic) bond motifs is 2. The fourth-order valence-corrected chi connectivity index (χ4v) is 4.92. The van der Waals surface area contributed by atoms with Gasteiger partial charge in [0.05, 0.1) is 15.8 Å². The van der Waals surface area contributed by atoms with Crippen molar-refractivity contribution < 1.29 is 5.11 Å². The van der Waals surface area contributed by atoms with Crippen molar-refractivity contribution in [2.24, 2.45) is 0 Å². The van der Waals surface area contributed by atoms with Crippen LogP contribution in [0, 0.1) is 0 Å². The molecule has 4 rings (SSSR count). The van der Waals surface area contributed by atoms with Gasteiger partial charge in [-0.25, -0.2) is 0 Å². The van der Waals surface area contributed by atoms with Crippen LogP contribution in [0.3, 0.4) is 0 Å². The highest BCUT2D eigenvalue weighted by molar-refractivity contribution is 7.19. The van der Waals surface area contributed by atoms with Crippen molar-refractivity contribution in [3.8, 4) is 0 Å². The molecule has 0 fully saturated rings. The van der Waals surface area contributed by atoms with E-state index in [0.29, 0.717) is 5.92 Å². The Hall–Kier alpha value is -1.91. The molecule has 0 aliphatic heterocycles. The first-order valence-corrected chi connectivity index (χ1v) is 10.3. The van der Waals surface area contributed by atoms with Gasteiger partial charge in [-0.1, -0.05) is 45.9 Å². The number of aromatic nitrogens is 2. The van der Waals surface area contributed by atoms with E-state index in [0.717, 1.165) is 36.0 Å². The van der Waals surface area contributed by atoms with Crippen LogP contribution in [0.5, 0.6) is 0 Å². The first kappa shape index (κ1) is 17.5. The monoisotopic (exact) mass is 366 g/mol. The Kier molecular flexibility index (Phi) is 4.28. The summed E-state index contributed by atoms with van der Waals surface area (Å²) in [6, 6.07) is 8.63. The highest BCUT2D eigenvalue weighted by Crippen LogP contribution is 2.40. The zero-order valence-electron chi connectivity index (χ0n) is 15.9. The molecule has 136 valence electrons. The third-order valence-electron chi connectivity index (χ3n) is 5.69. The zero-order chi connectivity index (χ0) is 18.5. The molecule has 26 heavy (non-hydrogen) atoms. The Morgan fingerprint density at radius 2 is 2.00 bits per heavy atom. The molecule has 1 aliphatic rings. The van der Waals surface area contributed by atoms with Gasteiger partial charge in [0.25, 0.3) is 0 Å². The number of nitrogens with one attached hydrogen (secondary N) is 1. The molecule has 1 aliphatic carbocycles. The van der Waals surface area contributed by atoms with E-state index in [1.165, 1.54) is 26.3 Å². The molecule has 2 N–H and O–H groups in total. The van der Waals surface area contributed by atoms with Gasteiger partial charge in [-0.3, -0.25) is 5.10 Å². The van der Waals surface area contributed by atoms with Crippen LogP contribution in [0.25, 0.3) is 21.9 Å². The lowest BCUT2D eigenvalue weighted by atomic mass is 9.87. The van der Waals surface area contributed by atoms with Gasteiger partial charge in [-0.15, -0.1) is 11.3 Å².